The van der Waals surface area contributed by atoms with E-state index in [-0.39, 0.29) is 11.7 Å². The van der Waals surface area contributed by atoms with Crippen LogP contribution in [0.3, 0.4) is 0 Å². The van der Waals surface area contributed by atoms with Gasteiger partial charge in [-0.25, -0.2) is 0 Å². The van der Waals surface area contributed by atoms with Crippen LogP contribution < -0.4 is 0 Å². The molecule has 1 unspecified atom stereocenters. The Labute approximate surface area is 103 Å². The van der Waals surface area contributed by atoms with Gasteiger partial charge in [0.1, 0.15) is 12.4 Å². The first kappa shape index (κ1) is 14.0. The summed E-state index contributed by atoms with van der Waals surface area (Å²) in [5, 5.41) is 0. The number of methoxy groups -OCH3 is 1. The van der Waals surface area contributed by atoms with Crippen LogP contribution in [-0.2, 0) is 11.3 Å². The molecule has 0 radical (unpaired) electrons. The largest absolute Gasteiger partial charge is 0.456 e. The number of Topliss-reactive ketones (excluding diaryl/α,β-unsaturated/α-hetero) is 1. The van der Waals surface area contributed by atoms with Crippen LogP contribution in [0.4, 0.5) is 0 Å². The van der Waals surface area contributed by atoms with Crippen molar-refractivity contribution in [2.45, 2.75) is 46.1 Å². The lowest BCUT2D eigenvalue weighted by Crippen LogP contribution is -2.13. The molecule has 17 heavy (non-hydrogen) atoms. The van der Waals surface area contributed by atoms with Crippen LogP contribution in [0.15, 0.2) is 16.5 Å². The molecule has 96 valence electrons. The fourth-order valence-corrected chi connectivity index (χ4v) is 1.90. The lowest BCUT2D eigenvalue weighted by molar-refractivity contribution is 0.0871. The second-order valence-corrected chi connectivity index (χ2v) is 4.31. The number of ether oxygens (including phenoxy) is 1. The predicted molar refractivity (Wildman–Crippen MR) is 67.1 cm³/mol. The zero-order valence-electron chi connectivity index (χ0n) is 11.0. The Hall–Kier alpha value is -1.09. The van der Waals surface area contributed by atoms with Crippen molar-refractivity contribution < 1.29 is 13.9 Å². The smallest absolute Gasteiger partial charge is 0.201 e. The van der Waals surface area contributed by atoms with Crippen LogP contribution in [-0.4, -0.2) is 12.9 Å². The van der Waals surface area contributed by atoms with Gasteiger partial charge in [0.25, 0.3) is 0 Å². The minimum atomic E-state index is 0.0940. The number of carbonyl (C=O) groups excluding carboxylic acids is 1. The SMILES string of the molecule is CCCCC(CC)C(=O)c1ccc(COC)o1. The first-order valence-corrected chi connectivity index (χ1v) is 6.34. The second kappa shape index (κ2) is 7.28. The van der Waals surface area contributed by atoms with E-state index in [1.807, 2.05) is 6.07 Å². The summed E-state index contributed by atoms with van der Waals surface area (Å²) in [7, 11) is 1.61. The van der Waals surface area contributed by atoms with Crippen molar-refractivity contribution in [3.05, 3.63) is 23.7 Å². The standard InChI is InChI=1S/C14H22O3/c1-4-6-7-11(5-2)14(15)13-9-8-12(17-13)10-16-3/h8-9,11H,4-7,10H2,1-3H3. The van der Waals surface area contributed by atoms with E-state index >= 15 is 0 Å². The van der Waals surface area contributed by atoms with Gasteiger partial charge in [0.2, 0.25) is 5.78 Å². The molecule has 1 rings (SSSR count). The van der Waals surface area contributed by atoms with Crippen LogP contribution >= 0.6 is 0 Å². The highest BCUT2D eigenvalue weighted by Gasteiger charge is 2.20. The molecule has 0 amide bonds. The zero-order valence-corrected chi connectivity index (χ0v) is 11.0. The van der Waals surface area contributed by atoms with E-state index in [2.05, 4.69) is 13.8 Å². The van der Waals surface area contributed by atoms with Crippen molar-refractivity contribution in [3.8, 4) is 0 Å². The molecular weight excluding hydrogens is 216 g/mol. The predicted octanol–water partition coefficient (Wildman–Crippen LogP) is 3.83. The summed E-state index contributed by atoms with van der Waals surface area (Å²) in [5.74, 6) is 1.40. The molecule has 1 heterocycles. The van der Waals surface area contributed by atoms with Crippen molar-refractivity contribution in [2.24, 2.45) is 5.92 Å². The van der Waals surface area contributed by atoms with Gasteiger partial charge in [-0.15, -0.1) is 0 Å². The van der Waals surface area contributed by atoms with E-state index in [0.717, 1.165) is 25.7 Å². The molecule has 0 aliphatic carbocycles. The van der Waals surface area contributed by atoms with Crippen LogP contribution in [0.2, 0.25) is 0 Å². The summed E-state index contributed by atoms with van der Waals surface area (Å²) in [4.78, 5) is 12.2. The molecule has 1 atom stereocenters. The van der Waals surface area contributed by atoms with Gasteiger partial charge >= 0.3 is 0 Å². The summed E-state index contributed by atoms with van der Waals surface area (Å²) in [6.45, 7) is 4.61. The van der Waals surface area contributed by atoms with Crippen molar-refractivity contribution >= 4 is 5.78 Å². The summed E-state index contributed by atoms with van der Waals surface area (Å²) >= 11 is 0. The lowest BCUT2D eigenvalue weighted by Gasteiger charge is -2.10. The minimum Gasteiger partial charge on any atom is -0.456 e. The van der Waals surface area contributed by atoms with Gasteiger partial charge in [-0.3, -0.25) is 4.79 Å². The molecule has 0 aromatic carbocycles. The highest BCUT2D eigenvalue weighted by atomic mass is 16.5. The van der Waals surface area contributed by atoms with Crippen LogP contribution in [0, 0.1) is 5.92 Å². The molecule has 0 spiro atoms. The quantitative estimate of drug-likeness (QED) is 0.646. The van der Waals surface area contributed by atoms with Crippen LogP contribution in [0.5, 0.6) is 0 Å². The maximum atomic E-state index is 12.2. The molecule has 0 fully saturated rings. The maximum absolute atomic E-state index is 12.2. The molecule has 0 N–H and O–H groups in total. The van der Waals surface area contributed by atoms with E-state index in [0.29, 0.717) is 18.1 Å². The molecule has 0 aliphatic heterocycles. The molecule has 0 bridgehead atoms. The van der Waals surface area contributed by atoms with Crippen LogP contribution in [0.1, 0.15) is 55.8 Å². The number of unbranched alkanes of at least 4 members (excludes halogenated alkanes) is 1. The fraction of sp³-hybridized carbons (Fsp3) is 0.643. The topological polar surface area (TPSA) is 39.4 Å². The van der Waals surface area contributed by atoms with Crippen molar-refractivity contribution in [3.63, 3.8) is 0 Å². The van der Waals surface area contributed by atoms with Gasteiger partial charge in [0, 0.05) is 13.0 Å². The molecular formula is C14H22O3. The number of hydrogen-bond acceptors (Lipinski definition) is 3. The molecule has 0 saturated heterocycles. The number of rotatable bonds is 8. The summed E-state index contributed by atoms with van der Waals surface area (Å²) in [6, 6.07) is 3.56. The third kappa shape index (κ3) is 4.00. The zero-order chi connectivity index (χ0) is 12.7. The Bertz CT molecular complexity index is 341. The van der Waals surface area contributed by atoms with Crippen LogP contribution in [0.25, 0.3) is 0 Å². The van der Waals surface area contributed by atoms with Gasteiger partial charge in [-0.1, -0.05) is 26.7 Å². The van der Waals surface area contributed by atoms with E-state index in [9.17, 15) is 4.79 Å². The Morgan fingerprint density at radius 3 is 2.76 bits per heavy atom. The molecule has 3 nitrogen and oxygen atoms in total. The Kier molecular flexibility index (Phi) is 5.98. The Morgan fingerprint density at radius 2 is 2.18 bits per heavy atom. The van der Waals surface area contributed by atoms with Crippen molar-refractivity contribution in [2.75, 3.05) is 7.11 Å². The third-order valence-corrected chi connectivity index (χ3v) is 2.96. The number of ketones is 1. The summed E-state index contributed by atoms with van der Waals surface area (Å²) < 4.78 is 10.4. The number of carbonyl (C=O) groups is 1. The van der Waals surface area contributed by atoms with Gasteiger partial charge in [0.05, 0.1) is 0 Å². The molecule has 1 aromatic heterocycles. The average molecular weight is 238 g/mol. The summed E-state index contributed by atoms with van der Waals surface area (Å²) in [5.41, 5.74) is 0. The van der Waals surface area contributed by atoms with Gasteiger partial charge < -0.3 is 9.15 Å². The Balaban J connectivity index is 2.65. The second-order valence-electron chi connectivity index (χ2n) is 4.31. The monoisotopic (exact) mass is 238 g/mol. The normalized spacial score (nSPS) is 12.6. The first-order valence-electron chi connectivity index (χ1n) is 6.34. The van der Waals surface area contributed by atoms with Gasteiger partial charge in [-0.05, 0) is 25.0 Å². The highest BCUT2D eigenvalue weighted by Crippen LogP contribution is 2.20. The van der Waals surface area contributed by atoms with E-state index < -0.39 is 0 Å². The summed E-state index contributed by atoms with van der Waals surface area (Å²) in [6.07, 6.45) is 4.04. The highest BCUT2D eigenvalue weighted by molar-refractivity contribution is 5.95. The number of hydrogen-bond donors (Lipinski definition) is 0. The Morgan fingerprint density at radius 1 is 1.41 bits per heavy atom. The van der Waals surface area contributed by atoms with Crippen molar-refractivity contribution in [1.82, 2.24) is 0 Å². The fourth-order valence-electron chi connectivity index (χ4n) is 1.90. The van der Waals surface area contributed by atoms with Gasteiger partial charge in [-0.2, -0.15) is 0 Å². The third-order valence-electron chi connectivity index (χ3n) is 2.96. The molecule has 0 saturated carbocycles. The van der Waals surface area contributed by atoms with E-state index in [1.54, 1.807) is 13.2 Å². The molecule has 1 aromatic rings. The first-order chi connectivity index (χ1) is 8.22. The van der Waals surface area contributed by atoms with E-state index in [4.69, 9.17) is 9.15 Å². The minimum absolute atomic E-state index is 0.0940. The lowest BCUT2D eigenvalue weighted by atomic mass is 9.93. The van der Waals surface area contributed by atoms with Crippen molar-refractivity contribution in [1.29, 1.82) is 0 Å². The maximum Gasteiger partial charge on any atom is 0.201 e. The molecule has 3 heteroatoms. The molecule has 0 aliphatic rings. The average Bonchev–Trinajstić information content (AvgIpc) is 2.79. The van der Waals surface area contributed by atoms with E-state index in [1.165, 1.54) is 0 Å². The number of furan rings is 1. The van der Waals surface area contributed by atoms with Gasteiger partial charge in [0.15, 0.2) is 5.76 Å².